The van der Waals surface area contributed by atoms with Crippen LogP contribution in [0.15, 0.2) is 48.0 Å². The van der Waals surface area contributed by atoms with Crippen LogP contribution in [0.1, 0.15) is 16.7 Å². The van der Waals surface area contributed by atoms with Crippen LogP contribution in [0.4, 0.5) is 0 Å². The van der Waals surface area contributed by atoms with E-state index in [1.807, 2.05) is 32.0 Å². The number of benzene rings is 2. The minimum absolute atomic E-state index is 0.000216. The first-order valence-electron chi connectivity index (χ1n) is 8.74. The number of amides is 2. The molecule has 2 aromatic rings. The predicted molar refractivity (Wildman–Crippen MR) is 110 cm³/mol. The van der Waals surface area contributed by atoms with Gasteiger partial charge in [0, 0.05) is 5.56 Å². The highest BCUT2D eigenvalue weighted by Gasteiger charge is 2.26. The number of rotatable bonds is 6. The average Bonchev–Trinajstić information content (AvgIpc) is 2.64. The molecule has 0 aliphatic carbocycles. The molecule has 1 heterocycles. The highest BCUT2D eigenvalue weighted by Crippen LogP contribution is 2.22. The summed E-state index contributed by atoms with van der Waals surface area (Å²) in [6, 6.07) is 13.1. The van der Waals surface area contributed by atoms with Crippen molar-refractivity contribution >= 4 is 35.2 Å². The van der Waals surface area contributed by atoms with Gasteiger partial charge in [0.2, 0.25) is 0 Å². The molecule has 0 aromatic heterocycles. The summed E-state index contributed by atoms with van der Waals surface area (Å²) in [6.07, 6.45) is 1.48. The Morgan fingerprint density at radius 3 is 2.25 bits per heavy atom. The molecule has 0 saturated carbocycles. The minimum Gasteiger partial charge on any atom is -0.490 e. The van der Waals surface area contributed by atoms with Crippen molar-refractivity contribution in [1.82, 2.24) is 10.6 Å². The van der Waals surface area contributed by atoms with Crippen LogP contribution in [0.2, 0.25) is 0 Å². The second-order valence-electron chi connectivity index (χ2n) is 6.30. The van der Waals surface area contributed by atoms with E-state index in [-0.39, 0.29) is 10.7 Å². The monoisotopic (exact) mass is 396 g/mol. The predicted octanol–water partition coefficient (Wildman–Crippen LogP) is 2.68. The Morgan fingerprint density at radius 1 is 0.929 bits per heavy atom. The highest BCUT2D eigenvalue weighted by atomic mass is 32.1. The topological polar surface area (TPSA) is 76.7 Å². The van der Waals surface area contributed by atoms with Crippen molar-refractivity contribution in [3.63, 3.8) is 0 Å². The third-order valence-corrected chi connectivity index (χ3v) is 4.30. The first-order chi connectivity index (χ1) is 13.4. The Kier molecular flexibility index (Phi) is 6.06. The van der Waals surface area contributed by atoms with E-state index < -0.39 is 11.8 Å². The van der Waals surface area contributed by atoms with Crippen LogP contribution in [0, 0.1) is 13.8 Å². The molecule has 1 aliphatic rings. The van der Waals surface area contributed by atoms with Gasteiger partial charge in [-0.3, -0.25) is 20.2 Å². The zero-order valence-electron chi connectivity index (χ0n) is 15.6. The lowest BCUT2D eigenvalue weighted by molar-refractivity contribution is -0.123. The second-order valence-corrected chi connectivity index (χ2v) is 6.71. The molecule has 6 nitrogen and oxygen atoms in total. The lowest BCUT2D eigenvalue weighted by atomic mass is 10.1. The van der Waals surface area contributed by atoms with Gasteiger partial charge in [-0.15, -0.1) is 0 Å². The number of carbonyl (C=O) groups is 2. The maximum absolute atomic E-state index is 12.0. The molecule has 3 rings (SSSR count). The van der Waals surface area contributed by atoms with E-state index in [2.05, 4.69) is 16.7 Å². The number of ether oxygens (including phenoxy) is 2. The van der Waals surface area contributed by atoms with E-state index in [1.54, 1.807) is 18.2 Å². The molecule has 0 spiro atoms. The Balaban J connectivity index is 1.66. The number of hydrogen-bond acceptors (Lipinski definition) is 5. The molecule has 1 aliphatic heterocycles. The summed E-state index contributed by atoms with van der Waals surface area (Å²) < 4.78 is 11.6. The summed E-state index contributed by atoms with van der Waals surface area (Å²) >= 11 is 4.80. The third kappa shape index (κ3) is 4.75. The van der Waals surface area contributed by atoms with Gasteiger partial charge >= 0.3 is 0 Å². The average molecular weight is 396 g/mol. The van der Waals surface area contributed by atoms with Crippen LogP contribution in [-0.4, -0.2) is 30.1 Å². The van der Waals surface area contributed by atoms with Crippen LogP contribution >= 0.6 is 12.2 Å². The second kappa shape index (κ2) is 8.67. The lowest BCUT2D eigenvalue weighted by Crippen LogP contribution is -2.51. The Labute approximate surface area is 168 Å². The van der Waals surface area contributed by atoms with Crippen molar-refractivity contribution in [2.75, 3.05) is 13.2 Å². The molecule has 2 amide bonds. The quantitative estimate of drug-likeness (QED) is 0.340. The summed E-state index contributed by atoms with van der Waals surface area (Å²) in [5.41, 5.74) is 2.83. The first kappa shape index (κ1) is 19.6. The SMILES string of the molecule is Cc1ccc(OCCOc2ccccc2C=C2C(=O)NC(=S)NC2=O)c(C)c1. The van der Waals surface area contributed by atoms with Crippen molar-refractivity contribution in [3.05, 3.63) is 64.7 Å². The van der Waals surface area contributed by atoms with Gasteiger partial charge in [-0.05, 0) is 49.8 Å². The number of thiocarbonyl (C=S) groups is 1. The van der Waals surface area contributed by atoms with E-state index in [1.165, 1.54) is 11.6 Å². The van der Waals surface area contributed by atoms with Gasteiger partial charge in [-0.2, -0.15) is 0 Å². The fourth-order valence-electron chi connectivity index (χ4n) is 2.76. The van der Waals surface area contributed by atoms with Gasteiger partial charge in [0.05, 0.1) is 0 Å². The molecule has 28 heavy (non-hydrogen) atoms. The van der Waals surface area contributed by atoms with Crippen LogP contribution in [0.25, 0.3) is 6.08 Å². The highest BCUT2D eigenvalue weighted by molar-refractivity contribution is 7.80. The Bertz CT molecular complexity index is 947. The van der Waals surface area contributed by atoms with E-state index >= 15 is 0 Å². The Hall–Kier alpha value is -3.19. The molecular formula is C21H20N2O4S. The first-order valence-corrected chi connectivity index (χ1v) is 9.15. The maximum Gasteiger partial charge on any atom is 0.263 e. The largest absolute Gasteiger partial charge is 0.490 e. The van der Waals surface area contributed by atoms with E-state index in [0.717, 1.165) is 11.3 Å². The summed E-state index contributed by atoms with van der Waals surface area (Å²) in [5, 5.41) is 4.82. The van der Waals surface area contributed by atoms with Crippen LogP contribution in [0.5, 0.6) is 11.5 Å². The van der Waals surface area contributed by atoms with E-state index in [4.69, 9.17) is 21.7 Å². The van der Waals surface area contributed by atoms with E-state index in [0.29, 0.717) is 24.5 Å². The van der Waals surface area contributed by atoms with Gasteiger partial charge < -0.3 is 9.47 Å². The standard InChI is InChI=1S/C21H20N2O4S/c1-13-7-8-17(14(2)11-13)26-9-10-27-18-6-4-3-5-15(18)12-16-19(24)22-21(28)23-20(16)25/h3-8,11-12H,9-10H2,1-2H3,(H2,22,23,24,25,28). The number of carbonyl (C=O) groups excluding carboxylic acids is 2. The van der Waals surface area contributed by atoms with Crippen molar-refractivity contribution in [2.24, 2.45) is 0 Å². The van der Waals surface area contributed by atoms with Gasteiger partial charge in [0.15, 0.2) is 5.11 Å². The third-order valence-electron chi connectivity index (χ3n) is 4.09. The summed E-state index contributed by atoms with van der Waals surface area (Å²) in [4.78, 5) is 24.0. The van der Waals surface area contributed by atoms with E-state index in [9.17, 15) is 9.59 Å². The zero-order chi connectivity index (χ0) is 20.1. The van der Waals surface area contributed by atoms with Gasteiger partial charge in [-0.1, -0.05) is 35.9 Å². The summed E-state index contributed by atoms with van der Waals surface area (Å²) in [6.45, 7) is 4.71. The van der Waals surface area contributed by atoms with Crippen molar-refractivity contribution in [1.29, 1.82) is 0 Å². The smallest absolute Gasteiger partial charge is 0.263 e. The molecule has 1 fully saturated rings. The molecule has 0 unspecified atom stereocenters. The van der Waals surface area contributed by atoms with Crippen molar-refractivity contribution < 1.29 is 19.1 Å². The Morgan fingerprint density at radius 2 is 1.57 bits per heavy atom. The van der Waals surface area contributed by atoms with Crippen LogP contribution < -0.4 is 20.1 Å². The van der Waals surface area contributed by atoms with Gasteiger partial charge in [0.25, 0.3) is 11.8 Å². The fraction of sp³-hybridized carbons (Fsp3) is 0.190. The number of aryl methyl sites for hydroxylation is 2. The molecule has 0 atom stereocenters. The molecular weight excluding hydrogens is 376 g/mol. The number of para-hydroxylation sites is 1. The van der Waals surface area contributed by atoms with Gasteiger partial charge in [-0.25, -0.2) is 0 Å². The fourth-order valence-corrected chi connectivity index (χ4v) is 2.94. The zero-order valence-corrected chi connectivity index (χ0v) is 16.4. The molecule has 7 heteroatoms. The maximum atomic E-state index is 12.0. The van der Waals surface area contributed by atoms with Gasteiger partial charge in [0.1, 0.15) is 30.3 Å². The molecule has 0 bridgehead atoms. The summed E-state index contributed by atoms with van der Waals surface area (Å²) in [7, 11) is 0. The number of hydrogen-bond donors (Lipinski definition) is 2. The van der Waals surface area contributed by atoms with Crippen LogP contribution in [0.3, 0.4) is 0 Å². The molecule has 1 saturated heterocycles. The normalized spacial score (nSPS) is 13.6. The minimum atomic E-state index is -0.540. The van der Waals surface area contributed by atoms with Crippen LogP contribution in [-0.2, 0) is 9.59 Å². The van der Waals surface area contributed by atoms with Crippen molar-refractivity contribution in [2.45, 2.75) is 13.8 Å². The summed E-state index contributed by atoms with van der Waals surface area (Å²) in [5.74, 6) is 0.285. The lowest BCUT2D eigenvalue weighted by Gasteiger charge is -2.17. The molecule has 144 valence electrons. The van der Waals surface area contributed by atoms with Crippen molar-refractivity contribution in [3.8, 4) is 11.5 Å². The molecule has 2 aromatic carbocycles. The number of nitrogens with one attached hydrogen (secondary N) is 2. The molecule has 2 N–H and O–H groups in total. The molecule has 0 radical (unpaired) electrons.